The molecule has 4 heterocycles. The lowest BCUT2D eigenvalue weighted by Gasteiger charge is -2.07. The average Bonchev–Trinajstić information content (AvgIpc) is 3.18. The lowest BCUT2D eigenvalue weighted by Crippen LogP contribution is -2.33. The summed E-state index contributed by atoms with van der Waals surface area (Å²) in [5, 5.41) is 1.96. The number of methoxy groups -OCH3 is 1. The van der Waals surface area contributed by atoms with Crippen molar-refractivity contribution >= 4 is 43.9 Å². The minimum absolute atomic E-state index is 0.400. The molecule has 4 aromatic heterocycles. The first kappa shape index (κ1) is 18.5. The van der Waals surface area contributed by atoms with Gasteiger partial charge in [0.05, 0.1) is 24.5 Å². The first-order valence-electron chi connectivity index (χ1n) is 8.87. The van der Waals surface area contributed by atoms with E-state index in [2.05, 4.69) is 15.0 Å². The molecule has 0 spiro atoms. The number of hydrogen-bond donors (Lipinski definition) is 1. The van der Waals surface area contributed by atoms with Gasteiger partial charge in [0.2, 0.25) is 0 Å². The Morgan fingerprint density at radius 3 is 2.77 bits per heavy atom. The van der Waals surface area contributed by atoms with Gasteiger partial charge in [0.25, 0.3) is 5.56 Å². The second-order valence-electron chi connectivity index (χ2n) is 6.53. The van der Waals surface area contributed by atoms with Gasteiger partial charge in [-0.3, -0.25) is 14.8 Å². The number of halogens is 1. The lowest BCUT2D eigenvalue weighted by atomic mass is 10.2. The van der Waals surface area contributed by atoms with Gasteiger partial charge < -0.3 is 9.72 Å². The number of fused-ring (bicyclic) bond motifs is 2. The van der Waals surface area contributed by atoms with Crippen LogP contribution >= 0.6 is 22.9 Å². The summed E-state index contributed by atoms with van der Waals surface area (Å²) in [4.78, 5) is 37.9. The Kier molecular flexibility index (Phi) is 4.38. The van der Waals surface area contributed by atoms with Crippen molar-refractivity contribution < 1.29 is 4.74 Å². The fourth-order valence-electron chi connectivity index (χ4n) is 3.36. The molecule has 0 aliphatic carbocycles. The highest BCUT2D eigenvalue weighted by molar-refractivity contribution is 7.22. The maximum Gasteiger partial charge on any atom is 0.333 e. The van der Waals surface area contributed by atoms with Gasteiger partial charge in [-0.15, -0.1) is 11.3 Å². The second kappa shape index (κ2) is 7.08. The number of benzene rings is 1. The van der Waals surface area contributed by atoms with Crippen molar-refractivity contribution in [1.29, 1.82) is 0 Å². The van der Waals surface area contributed by atoms with Crippen molar-refractivity contribution in [3.05, 3.63) is 81.0 Å². The number of H-pyrrole nitrogens is 1. The molecule has 0 fully saturated rings. The van der Waals surface area contributed by atoms with Crippen LogP contribution in [0.5, 0.6) is 5.75 Å². The minimum atomic E-state index is -0.542. The van der Waals surface area contributed by atoms with E-state index >= 15 is 0 Å². The molecular formula is C21H13ClN4O3S. The molecule has 0 aliphatic rings. The van der Waals surface area contributed by atoms with Gasteiger partial charge in [-0.1, -0.05) is 11.6 Å². The number of aromatic amines is 1. The maximum atomic E-state index is 13.3. The van der Waals surface area contributed by atoms with E-state index in [4.69, 9.17) is 16.3 Å². The summed E-state index contributed by atoms with van der Waals surface area (Å²) < 4.78 is 6.79. The predicted molar refractivity (Wildman–Crippen MR) is 118 cm³/mol. The number of aromatic nitrogens is 4. The zero-order chi connectivity index (χ0) is 20.8. The standard InChI is InChI=1S/C21H13ClN4O3S/c1-29-12-2-3-15(22)14(6-12)18-7-16-19(30-18)20(27)26(21(28)25-16)17-10-24-9-11-8-23-5-4-13(11)17/h2-10H,1H3,(H,25,28). The number of pyridine rings is 2. The zero-order valence-corrected chi connectivity index (χ0v) is 17.1. The van der Waals surface area contributed by atoms with Crippen LogP contribution in [0.25, 0.3) is 37.1 Å². The molecule has 0 radical (unpaired) electrons. The Labute approximate surface area is 178 Å². The van der Waals surface area contributed by atoms with Crippen LogP contribution < -0.4 is 16.0 Å². The zero-order valence-electron chi connectivity index (χ0n) is 15.5. The van der Waals surface area contributed by atoms with Gasteiger partial charge in [0.1, 0.15) is 10.4 Å². The van der Waals surface area contributed by atoms with E-state index < -0.39 is 11.2 Å². The number of nitrogens with one attached hydrogen (secondary N) is 1. The number of thiophene rings is 1. The summed E-state index contributed by atoms with van der Waals surface area (Å²) in [7, 11) is 1.57. The minimum Gasteiger partial charge on any atom is -0.497 e. The highest BCUT2D eigenvalue weighted by Gasteiger charge is 2.17. The summed E-state index contributed by atoms with van der Waals surface area (Å²) in [6.45, 7) is 0. The Morgan fingerprint density at radius 2 is 1.93 bits per heavy atom. The Bertz CT molecular complexity index is 1550. The van der Waals surface area contributed by atoms with Crippen molar-refractivity contribution in [2.45, 2.75) is 0 Å². The van der Waals surface area contributed by atoms with Crippen LogP contribution in [0.3, 0.4) is 0 Å². The predicted octanol–water partition coefficient (Wildman–Crippen LogP) is 4.01. The molecule has 5 rings (SSSR count). The summed E-state index contributed by atoms with van der Waals surface area (Å²) in [5.74, 6) is 0.646. The molecule has 0 bridgehead atoms. The normalized spacial score (nSPS) is 11.3. The molecule has 148 valence electrons. The molecule has 9 heteroatoms. The van der Waals surface area contributed by atoms with E-state index in [9.17, 15) is 9.59 Å². The smallest absolute Gasteiger partial charge is 0.333 e. The molecule has 0 amide bonds. The molecule has 0 saturated heterocycles. The monoisotopic (exact) mass is 436 g/mol. The van der Waals surface area contributed by atoms with Gasteiger partial charge >= 0.3 is 5.69 Å². The third-order valence-corrected chi connectivity index (χ3v) is 6.28. The van der Waals surface area contributed by atoms with E-state index in [0.717, 1.165) is 20.4 Å². The van der Waals surface area contributed by atoms with Gasteiger partial charge in [-0.25, -0.2) is 9.36 Å². The first-order valence-corrected chi connectivity index (χ1v) is 10.1. The molecule has 0 atom stereocenters. The van der Waals surface area contributed by atoms with Crippen LogP contribution in [0.2, 0.25) is 5.02 Å². The Hall–Kier alpha value is -3.49. The van der Waals surface area contributed by atoms with E-state index in [1.54, 1.807) is 56.0 Å². The molecule has 0 saturated carbocycles. The summed E-state index contributed by atoms with van der Waals surface area (Å²) >= 11 is 7.62. The largest absolute Gasteiger partial charge is 0.497 e. The van der Waals surface area contributed by atoms with Crippen molar-refractivity contribution in [2.75, 3.05) is 7.11 Å². The van der Waals surface area contributed by atoms with Crippen LogP contribution in [-0.2, 0) is 0 Å². The molecule has 30 heavy (non-hydrogen) atoms. The van der Waals surface area contributed by atoms with Gasteiger partial charge in [-0.05, 0) is 30.3 Å². The Morgan fingerprint density at radius 1 is 1.10 bits per heavy atom. The molecule has 0 unspecified atom stereocenters. The molecular weight excluding hydrogens is 424 g/mol. The van der Waals surface area contributed by atoms with Crippen LogP contribution in [0.15, 0.2) is 64.7 Å². The molecule has 1 N–H and O–H groups in total. The SMILES string of the molecule is COc1ccc(Cl)c(-c2cc3[nH]c(=O)n(-c4cncc5cnccc45)c(=O)c3s2)c1. The van der Waals surface area contributed by atoms with Crippen LogP contribution in [-0.4, -0.2) is 26.6 Å². The summed E-state index contributed by atoms with van der Waals surface area (Å²) in [5.41, 5.74) is 0.615. The van der Waals surface area contributed by atoms with E-state index in [-0.39, 0.29) is 0 Å². The molecule has 7 nitrogen and oxygen atoms in total. The van der Waals surface area contributed by atoms with E-state index in [1.807, 2.05) is 0 Å². The van der Waals surface area contributed by atoms with Crippen molar-refractivity contribution in [2.24, 2.45) is 0 Å². The lowest BCUT2D eigenvalue weighted by molar-refractivity contribution is 0.415. The quantitative estimate of drug-likeness (QED) is 0.461. The summed E-state index contributed by atoms with van der Waals surface area (Å²) in [6, 6.07) is 8.79. The maximum absolute atomic E-state index is 13.3. The molecule has 0 aliphatic heterocycles. The number of nitrogens with zero attached hydrogens (tertiary/aromatic N) is 3. The second-order valence-corrected chi connectivity index (χ2v) is 7.98. The molecule has 5 aromatic rings. The van der Waals surface area contributed by atoms with Crippen LogP contribution in [0.1, 0.15) is 0 Å². The third kappa shape index (κ3) is 2.89. The fourth-order valence-corrected chi connectivity index (χ4v) is 4.71. The Balaban J connectivity index is 1.78. The highest BCUT2D eigenvalue weighted by Crippen LogP contribution is 2.37. The van der Waals surface area contributed by atoms with Gasteiger partial charge in [-0.2, -0.15) is 0 Å². The number of hydrogen-bond acceptors (Lipinski definition) is 6. The average molecular weight is 437 g/mol. The number of ether oxygens (including phenoxy) is 1. The van der Waals surface area contributed by atoms with Crippen molar-refractivity contribution in [1.82, 2.24) is 19.5 Å². The van der Waals surface area contributed by atoms with E-state index in [0.29, 0.717) is 32.1 Å². The fraction of sp³-hybridized carbons (Fsp3) is 0.0476. The van der Waals surface area contributed by atoms with Crippen LogP contribution in [0.4, 0.5) is 0 Å². The van der Waals surface area contributed by atoms with Crippen LogP contribution in [0, 0.1) is 0 Å². The van der Waals surface area contributed by atoms with Crippen molar-refractivity contribution in [3.63, 3.8) is 0 Å². The highest BCUT2D eigenvalue weighted by atomic mass is 35.5. The van der Waals surface area contributed by atoms with Gasteiger partial charge in [0.15, 0.2) is 0 Å². The number of rotatable bonds is 3. The van der Waals surface area contributed by atoms with E-state index in [1.165, 1.54) is 17.5 Å². The topological polar surface area (TPSA) is 89.9 Å². The molecule has 1 aromatic carbocycles. The first-order chi connectivity index (χ1) is 14.6. The third-order valence-electron chi connectivity index (χ3n) is 4.79. The van der Waals surface area contributed by atoms with Crippen molar-refractivity contribution in [3.8, 4) is 21.9 Å². The summed E-state index contributed by atoms with van der Waals surface area (Å²) in [6.07, 6.45) is 6.38. The van der Waals surface area contributed by atoms with Gasteiger partial charge in [0, 0.05) is 44.8 Å².